The van der Waals surface area contributed by atoms with Crippen molar-refractivity contribution in [2.24, 2.45) is 7.05 Å². The molecular weight excluding hydrogens is 410 g/mol. The number of anilines is 2. The molecule has 2 atom stereocenters. The summed E-state index contributed by atoms with van der Waals surface area (Å²) >= 11 is 0. The van der Waals surface area contributed by atoms with Gasteiger partial charge in [-0.15, -0.1) is 0 Å². The minimum atomic E-state index is 0.144. The average Bonchev–Trinajstić information content (AvgIpc) is 3.29. The monoisotopic (exact) mass is 439 g/mol. The van der Waals surface area contributed by atoms with Crippen LogP contribution in [0.3, 0.4) is 0 Å². The van der Waals surface area contributed by atoms with Gasteiger partial charge in [-0.2, -0.15) is 5.10 Å². The van der Waals surface area contributed by atoms with Crippen LogP contribution in [0.1, 0.15) is 22.9 Å². The van der Waals surface area contributed by atoms with Gasteiger partial charge in [-0.05, 0) is 43.1 Å². The first-order valence-corrected chi connectivity index (χ1v) is 11.3. The summed E-state index contributed by atoms with van der Waals surface area (Å²) in [5.74, 6) is 0.879. The molecule has 33 heavy (non-hydrogen) atoms. The van der Waals surface area contributed by atoms with Crippen LogP contribution in [0.4, 0.5) is 11.5 Å². The third-order valence-electron chi connectivity index (χ3n) is 6.07. The van der Waals surface area contributed by atoms with Crippen LogP contribution in [0, 0.1) is 6.92 Å². The van der Waals surface area contributed by atoms with E-state index in [0.29, 0.717) is 0 Å². The zero-order valence-corrected chi connectivity index (χ0v) is 19.0. The van der Waals surface area contributed by atoms with Crippen molar-refractivity contribution in [2.45, 2.75) is 25.4 Å². The van der Waals surface area contributed by atoms with Gasteiger partial charge in [0.1, 0.15) is 5.82 Å². The number of benzene rings is 1. The molecule has 1 aromatic carbocycles. The zero-order valence-electron chi connectivity index (χ0n) is 19.0. The van der Waals surface area contributed by atoms with Crippen LogP contribution < -0.4 is 16.0 Å². The summed E-state index contributed by atoms with van der Waals surface area (Å²) in [7, 11) is 1.92. The molecule has 0 aliphatic carbocycles. The summed E-state index contributed by atoms with van der Waals surface area (Å²) in [5.41, 5.74) is 6.68. The fourth-order valence-corrected chi connectivity index (χ4v) is 4.26. The Labute approximate surface area is 194 Å². The van der Waals surface area contributed by atoms with E-state index in [1.54, 1.807) is 4.68 Å². The first-order valence-electron chi connectivity index (χ1n) is 11.3. The van der Waals surface area contributed by atoms with Crippen molar-refractivity contribution >= 4 is 11.5 Å². The van der Waals surface area contributed by atoms with Gasteiger partial charge in [-0.1, -0.05) is 36.4 Å². The van der Waals surface area contributed by atoms with E-state index in [4.69, 9.17) is 4.98 Å². The fraction of sp³-hybridized carbons (Fsp3) is 0.269. The van der Waals surface area contributed by atoms with Crippen LogP contribution in [-0.4, -0.2) is 38.9 Å². The Morgan fingerprint density at radius 3 is 2.70 bits per heavy atom. The molecule has 0 amide bonds. The lowest BCUT2D eigenvalue weighted by Crippen LogP contribution is -2.44. The summed E-state index contributed by atoms with van der Waals surface area (Å²) in [6.07, 6.45) is 8.67. The predicted molar refractivity (Wildman–Crippen MR) is 132 cm³/mol. The van der Waals surface area contributed by atoms with Crippen LogP contribution in [-0.2, 0) is 13.5 Å². The Morgan fingerprint density at radius 1 is 1.06 bits per heavy atom. The van der Waals surface area contributed by atoms with Crippen molar-refractivity contribution in [1.29, 1.82) is 0 Å². The van der Waals surface area contributed by atoms with Gasteiger partial charge in [-0.25, -0.2) is 4.98 Å². The smallest absolute Gasteiger partial charge is 0.149 e. The lowest BCUT2D eigenvalue weighted by molar-refractivity contribution is 0.472. The normalized spacial score (nSPS) is 15.9. The van der Waals surface area contributed by atoms with Crippen LogP contribution >= 0.6 is 0 Å². The number of aryl methyl sites for hydroxylation is 2. The summed E-state index contributed by atoms with van der Waals surface area (Å²) < 4.78 is 1.80. The maximum absolute atomic E-state index is 4.72. The molecule has 0 saturated heterocycles. The number of nitrogens with zero attached hydrogens (tertiary/aromatic N) is 4. The molecule has 168 valence electrons. The molecule has 7 heteroatoms. The third kappa shape index (κ3) is 4.88. The van der Waals surface area contributed by atoms with Crippen molar-refractivity contribution in [2.75, 3.05) is 23.7 Å². The summed E-state index contributed by atoms with van der Waals surface area (Å²) in [5, 5.41) is 15.3. The number of fused-ring (bicyclic) bond motifs is 1. The fourth-order valence-electron chi connectivity index (χ4n) is 4.26. The van der Waals surface area contributed by atoms with E-state index in [2.05, 4.69) is 74.6 Å². The molecule has 3 N–H and O–H groups in total. The quantitative estimate of drug-likeness (QED) is 0.404. The van der Waals surface area contributed by atoms with E-state index in [1.807, 2.05) is 38.8 Å². The lowest BCUT2D eigenvalue weighted by Gasteiger charge is -2.34. The van der Waals surface area contributed by atoms with Crippen LogP contribution in [0.25, 0.3) is 11.1 Å². The SMILES string of the molecule is Cc1ccc(CCN[C@H](c2ccccc2)[C@H]2CNc3cc(-c4cnn(C)c4)cnc3N2)cn1. The van der Waals surface area contributed by atoms with Gasteiger partial charge in [0.25, 0.3) is 0 Å². The standard InChI is InChI=1S/C26H29N7/c1-18-8-9-19(13-28-18)10-11-27-25(20-6-4-3-5-7-20)24-16-29-23-12-21(14-30-26(23)32-24)22-15-31-33(2)17-22/h3-9,12-15,17,24-25,27,29H,10-11,16H2,1-2H3,(H,30,32)/t24-,25-/m1/s1. The molecule has 0 radical (unpaired) electrons. The highest BCUT2D eigenvalue weighted by Crippen LogP contribution is 2.32. The van der Waals surface area contributed by atoms with Gasteiger partial charge in [0.2, 0.25) is 0 Å². The maximum Gasteiger partial charge on any atom is 0.149 e. The lowest BCUT2D eigenvalue weighted by atomic mass is 9.97. The Morgan fingerprint density at radius 2 is 1.94 bits per heavy atom. The van der Waals surface area contributed by atoms with E-state index >= 15 is 0 Å². The number of rotatable bonds is 7. The molecule has 7 nitrogen and oxygen atoms in total. The van der Waals surface area contributed by atoms with Gasteiger partial charge >= 0.3 is 0 Å². The van der Waals surface area contributed by atoms with Gasteiger partial charge in [0.05, 0.1) is 24.0 Å². The minimum Gasteiger partial charge on any atom is -0.380 e. The van der Waals surface area contributed by atoms with E-state index in [0.717, 1.165) is 47.8 Å². The maximum atomic E-state index is 4.72. The van der Waals surface area contributed by atoms with Gasteiger partial charge in [-0.3, -0.25) is 9.67 Å². The highest BCUT2D eigenvalue weighted by Gasteiger charge is 2.27. The highest BCUT2D eigenvalue weighted by atomic mass is 15.2. The van der Waals surface area contributed by atoms with Crippen molar-refractivity contribution < 1.29 is 0 Å². The number of pyridine rings is 2. The molecule has 4 aromatic rings. The van der Waals surface area contributed by atoms with Gasteiger partial charge < -0.3 is 16.0 Å². The van der Waals surface area contributed by atoms with Gasteiger partial charge in [0, 0.05) is 49.0 Å². The molecule has 0 bridgehead atoms. The Kier molecular flexibility index (Phi) is 6.04. The van der Waals surface area contributed by atoms with Crippen molar-refractivity contribution in [1.82, 2.24) is 25.1 Å². The van der Waals surface area contributed by atoms with Crippen molar-refractivity contribution in [3.63, 3.8) is 0 Å². The molecule has 0 spiro atoms. The average molecular weight is 440 g/mol. The second-order valence-corrected chi connectivity index (χ2v) is 8.55. The van der Waals surface area contributed by atoms with E-state index in [9.17, 15) is 0 Å². The molecule has 0 saturated carbocycles. The van der Waals surface area contributed by atoms with Crippen LogP contribution in [0.2, 0.25) is 0 Å². The number of aromatic nitrogens is 4. The molecule has 0 fully saturated rings. The molecule has 1 aliphatic heterocycles. The summed E-state index contributed by atoms with van der Waals surface area (Å²) in [4.78, 5) is 9.14. The highest BCUT2D eigenvalue weighted by molar-refractivity contribution is 5.75. The topological polar surface area (TPSA) is 79.7 Å². The third-order valence-corrected chi connectivity index (χ3v) is 6.07. The van der Waals surface area contributed by atoms with Gasteiger partial charge in [0.15, 0.2) is 0 Å². The summed E-state index contributed by atoms with van der Waals surface area (Å²) in [6, 6.07) is 17.3. The minimum absolute atomic E-state index is 0.144. The zero-order chi connectivity index (χ0) is 22.6. The molecule has 0 unspecified atom stereocenters. The molecule has 1 aliphatic rings. The van der Waals surface area contributed by atoms with E-state index < -0.39 is 0 Å². The molecule has 3 aromatic heterocycles. The number of hydrogen-bond acceptors (Lipinski definition) is 6. The second kappa shape index (κ2) is 9.42. The van der Waals surface area contributed by atoms with Crippen LogP contribution in [0.15, 0.2) is 73.3 Å². The molecule has 4 heterocycles. The summed E-state index contributed by atoms with van der Waals surface area (Å²) in [6.45, 7) is 3.67. The van der Waals surface area contributed by atoms with Crippen LogP contribution in [0.5, 0.6) is 0 Å². The first-order chi connectivity index (χ1) is 16.2. The first kappa shape index (κ1) is 21.2. The second-order valence-electron chi connectivity index (χ2n) is 8.55. The predicted octanol–water partition coefficient (Wildman–Crippen LogP) is 3.97. The van der Waals surface area contributed by atoms with Crippen molar-refractivity contribution in [3.8, 4) is 11.1 Å². The number of hydrogen-bond donors (Lipinski definition) is 3. The Bertz CT molecular complexity index is 1200. The Hall–Kier alpha value is -3.71. The largest absolute Gasteiger partial charge is 0.380 e. The van der Waals surface area contributed by atoms with E-state index in [1.165, 1.54) is 11.1 Å². The number of nitrogens with one attached hydrogen (secondary N) is 3. The van der Waals surface area contributed by atoms with Crippen molar-refractivity contribution in [3.05, 3.63) is 90.1 Å². The molecule has 5 rings (SSSR count). The Balaban J connectivity index is 1.31. The van der Waals surface area contributed by atoms with E-state index in [-0.39, 0.29) is 12.1 Å². The molecular formula is C26H29N7.